The van der Waals surface area contributed by atoms with Gasteiger partial charge in [-0.15, -0.1) is 0 Å². The summed E-state index contributed by atoms with van der Waals surface area (Å²) in [5, 5.41) is 0. The van der Waals surface area contributed by atoms with Gasteiger partial charge in [-0.05, 0) is 12.5 Å². The molecule has 0 saturated heterocycles. The second-order valence-electron chi connectivity index (χ2n) is 4.92. The molecule has 1 aromatic heterocycles. The SMILES string of the molecule is CCCCCn1cc(-c2ccccc2C(=O)OC)nc1N. The van der Waals surface area contributed by atoms with Crippen LogP contribution in [0.5, 0.6) is 0 Å². The quantitative estimate of drug-likeness (QED) is 0.654. The lowest BCUT2D eigenvalue weighted by molar-refractivity contribution is 0.0601. The van der Waals surface area contributed by atoms with Crippen LogP contribution in [0.1, 0.15) is 36.5 Å². The number of benzene rings is 1. The van der Waals surface area contributed by atoms with E-state index in [1.165, 1.54) is 7.11 Å². The number of nitrogen functional groups attached to an aromatic ring is 1. The third-order valence-corrected chi connectivity index (χ3v) is 3.42. The van der Waals surface area contributed by atoms with Crippen molar-refractivity contribution in [2.75, 3.05) is 12.8 Å². The van der Waals surface area contributed by atoms with Gasteiger partial charge in [0.15, 0.2) is 0 Å². The van der Waals surface area contributed by atoms with Gasteiger partial charge >= 0.3 is 5.97 Å². The lowest BCUT2D eigenvalue weighted by Gasteiger charge is -2.05. The summed E-state index contributed by atoms with van der Waals surface area (Å²) >= 11 is 0. The normalized spacial score (nSPS) is 10.6. The molecule has 0 unspecified atom stereocenters. The summed E-state index contributed by atoms with van der Waals surface area (Å²) in [7, 11) is 1.37. The van der Waals surface area contributed by atoms with E-state index in [2.05, 4.69) is 11.9 Å². The Morgan fingerprint density at radius 3 is 2.81 bits per heavy atom. The first-order valence-electron chi connectivity index (χ1n) is 7.17. The first kappa shape index (κ1) is 15.1. The zero-order chi connectivity index (χ0) is 15.2. The molecule has 5 heteroatoms. The molecular formula is C16H21N3O2. The number of aryl methyl sites for hydroxylation is 1. The molecule has 0 aliphatic rings. The number of nitrogens with zero attached hydrogens (tertiary/aromatic N) is 2. The maximum absolute atomic E-state index is 11.8. The lowest BCUT2D eigenvalue weighted by Crippen LogP contribution is -2.03. The number of unbranched alkanes of at least 4 members (excludes halogenated alkanes) is 2. The van der Waals surface area contributed by atoms with Crippen molar-refractivity contribution in [2.24, 2.45) is 0 Å². The molecule has 0 atom stereocenters. The van der Waals surface area contributed by atoms with Crippen molar-refractivity contribution < 1.29 is 9.53 Å². The lowest BCUT2D eigenvalue weighted by atomic mass is 10.1. The van der Waals surface area contributed by atoms with Crippen LogP contribution in [0.4, 0.5) is 5.95 Å². The molecule has 0 radical (unpaired) electrons. The number of ether oxygens (including phenoxy) is 1. The molecule has 2 N–H and O–H groups in total. The Morgan fingerprint density at radius 1 is 1.33 bits per heavy atom. The summed E-state index contributed by atoms with van der Waals surface area (Å²) in [5.74, 6) is 0.102. The van der Waals surface area contributed by atoms with Gasteiger partial charge in [-0.1, -0.05) is 38.0 Å². The van der Waals surface area contributed by atoms with Crippen LogP contribution in [0.15, 0.2) is 30.5 Å². The fraction of sp³-hybridized carbons (Fsp3) is 0.375. The van der Waals surface area contributed by atoms with Gasteiger partial charge in [0.05, 0.1) is 18.4 Å². The number of nitrogens with two attached hydrogens (primary N) is 1. The Morgan fingerprint density at radius 2 is 2.10 bits per heavy atom. The topological polar surface area (TPSA) is 70.1 Å². The van der Waals surface area contributed by atoms with E-state index < -0.39 is 0 Å². The van der Waals surface area contributed by atoms with Crippen molar-refractivity contribution in [1.82, 2.24) is 9.55 Å². The number of anilines is 1. The maximum Gasteiger partial charge on any atom is 0.338 e. The highest BCUT2D eigenvalue weighted by Gasteiger charge is 2.15. The Bertz CT molecular complexity index is 620. The summed E-state index contributed by atoms with van der Waals surface area (Å²) in [6.07, 6.45) is 5.28. The minimum Gasteiger partial charge on any atom is -0.465 e. The standard InChI is InChI=1S/C16H21N3O2/c1-3-4-7-10-19-11-14(18-16(19)17)12-8-5-6-9-13(12)15(20)21-2/h5-6,8-9,11H,3-4,7,10H2,1-2H3,(H2,17,18). The first-order valence-corrected chi connectivity index (χ1v) is 7.17. The van der Waals surface area contributed by atoms with Crippen LogP contribution in [0, 0.1) is 0 Å². The maximum atomic E-state index is 11.8. The van der Waals surface area contributed by atoms with Crippen LogP contribution in [0.3, 0.4) is 0 Å². The van der Waals surface area contributed by atoms with E-state index in [0.717, 1.165) is 31.4 Å². The fourth-order valence-electron chi connectivity index (χ4n) is 2.27. The van der Waals surface area contributed by atoms with Crippen LogP contribution >= 0.6 is 0 Å². The number of esters is 1. The van der Waals surface area contributed by atoms with Gasteiger partial charge in [0, 0.05) is 18.3 Å². The molecule has 0 fully saturated rings. The predicted molar refractivity (Wildman–Crippen MR) is 82.9 cm³/mol. The number of carbonyl (C=O) groups is 1. The molecule has 112 valence electrons. The summed E-state index contributed by atoms with van der Waals surface area (Å²) in [5.41, 5.74) is 7.89. The minimum absolute atomic E-state index is 0.371. The van der Waals surface area contributed by atoms with Crippen LogP contribution in [0.25, 0.3) is 11.3 Å². The predicted octanol–water partition coefficient (Wildman–Crippen LogP) is 3.11. The minimum atomic E-state index is -0.371. The fourth-order valence-corrected chi connectivity index (χ4v) is 2.27. The number of hydrogen-bond acceptors (Lipinski definition) is 4. The Labute approximate surface area is 124 Å². The molecule has 2 aromatic rings. The van der Waals surface area contributed by atoms with Crippen molar-refractivity contribution >= 4 is 11.9 Å². The molecule has 1 aromatic carbocycles. The van der Waals surface area contributed by atoms with Crippen LogP contribution in [-0.2, 0) is 11.3 Å². The van der Waals surface area contributed by atoms with Gasteiger partial charge in [-0.25, -0.2) is 9.78 Å². The summed E-state index contributed by atoms with van der Waals surface area (Å²) in [4.78, 5) is 16.2. The highest BCUT2D eigenvalue weighted by Crippen LogP contribution is 2.24. The molecule has 2 rings (SSSR count). The number of carbonyl (C=O) groups excluding carboxylic acids is 1. The Balaban J connectivity index is 2.31. The van der Waals surface area contributed by atoms with Gasteiger partial charge in [0.1, 0.15) is 0 Å². The third kappa shape index (κ3) is 3.42. The Kier molecular flexibility index (Phi) is 4.98. The van der Waals surface area contributed by atoms with Gasteiger partial charge in [0.2, 0.25) is 5.95 Å². The van der Waals surface area contributed by atoms with Crippen molar-refractivity contribution in [3.05, 3.63) is 36.0 Å². The van der Waals surface area contributed by atoms with Crippen LogP contribution in [-0.4, -0.2) is 22.6 Å². The summed E-state index contributed by atoms with van der Waals surface area (Å²) in [6, 6.07) is 7.25. The zero-order valence-corrected chi connectivity index (χ0v) is 12.5. The van der Waals surface area contributed by atoms with E-state index in [4.69, 9.17) is 10.5 Å². The van der Waals surface area contributed by atoms with Crippen molar-refractivity contribution in [1.29, 1.82) is 0 Å². The monoisotopic (exact) mass is 287 g/mol. The average molecular weight is 287 g/mol. The van der Waals surface area contributed by atoms with E-state index in [1.807, 2.05) is 22.9 Å². The van der Waals surface area contributed by atoms with E-state index in [1.54, 1.807) is 12.1 Å². The number of imidazole rings is 1. The van der Waals surface area contributed by atoms with Gasteiger partial charge in [0.25, 0.3) is 0 Å². The van der Waals surface area contributed by atoms with E-state index >= 15 is 0 Å². The average Bonchev–Trinajstić information content (AvgIpc) is 2.88. The number of rotatable bonds is 6. The first-order chi connectivity index (χ1) is 10.2. The molecule has 0 bridgehead atoms. The molecular weight excluding hydrogens is 266 g/mol. The summed E-state index contributed by atoms with van der Waals surface area (Å²) in [6.45, 7) is 3.00. The largest absolute Gasteiger partial charge is 0.465 e. The zero-order valence-electron chi connectivity index (χ0n) is 12.5. The van der Waals surface area contributed by atoms with E-state index in [-0.39, 0.29) is 5.97 Å². The second kappa shape index (κ2) is 6.92. The highest BCUT2D eigenvalue weighted by atomic mass is 16.5. The smallest absolute Gasteiger partial charge is 0.338 e. The molecule has 5 nitrogen and oxygen atoms in total. The summed E-state index contributed by atoms with van der Waals surface area (Å²) < 4.78 is 6.74. The number of hydrogen-bond donors (Lipinski definition) is 1. The molecule has 0 amide bonds. The molecule has 1 heterocycles. The van der Waals surface area contributed by atoms with Gasteiger partial charge in [-0.2, -0.15) is 0 Å². The Hall–Kier alpha value is -2.30. The van der Waals surface area contributed by atoms with Crippen LogP contribution < -0.4 is 5.73 Å². The molecule has 0 aliphatic heterocycles. The van der Waals surface area contributed by atoms with E-state index in [0.29, 0.717) is 17.2 Å². The van der Waals surface area contributed by atoms with Crippen molar-refractivity contribution in [3.63, 3.8) is 0 Å². The molecule has 0 aliphatic carbocycles. The highest BCUT2D eigenvalue weighted by molar-refractivity contribution is 5.96. The van der Waals surface area contributed by atoms with Gasteiger partial charge < -0.3 is 15.0 Å². The van der Waals surface area contributed by atoms with E-state index in [9.17, 15) is 4.79 Å². The van der Waals surface area contributed by atoms with Crippen molar-refractivity contribution in [2.45, 2.75) is 32.7 Å². The molecule has 0 spiro atoms. The second-order valence-corrected chi connectivity index (χ2v) is 4.92. The molecule has 0 saturated carbocycles. The third-order valence-electron chi connectivity index (χ3n) is 3.42. The van der Waals surface area contributed by atoms with Crippen molar-refractivity contribution in [3.8, 4) is 11.3 Å². The number of methoxy groups -OCH3 is 1. The van der Waals surface area contributed by atoms with Crippen LogP contribution in [0.2, 0.25) is 0 Å². The number of aromatic nitrogens is 2. The van der Waals surface area contributed by atoms with Gasteiger partial charge in [-0.3, -0.25) is 0 Å². The molecule has 21 heavy (non-hydrogen) atoms.